The molecule has 0 bridgehead atoms. The Hall–Kier alpha value is -0.487. The van der Waals surface area contributed by atoms with Gasteiger partial charge in [-0.25, -0.2) is 0 Å². The predicted molar refractivity (Wildman–Crippen MR) is 114 cm³/mol. The average Bonchev–Trinajstić information content (AvgIpc) is 3.04. The van der Waals surface area contributed by atoms with Gasteiger partial charge in [-0.3, -0.25) is 0 Å². The standard InChI is InChI=1S/C23H27.2ClH.Zr/c1-6-16-14-18-12-13-21(23(3,4)5)22(20(18)15-16)19-11-9-8-10-17(19)7-2;;;/h8-15H,6-7H2,1-5H3;2*1H;/q-1;;;+2/p-2. The van der Waals surface area contributed by atoms with Gasteiger partial charge in [-0.1, -0.05) is 70.0 Å². The molecule has 26 heavy (non-hydrogen) atoms. The number of aryl methyl sites for hydroxylation is 2. The van der Waals surface area contributed by atoms with Gasteiger partial charge in [0, 0.05) is 0 Å². The molecule has 3 rings (SSSR count). The molecule has 0 radical (unpaired) electrons. The second-order valence-electron chi connectivity index (χ2n) is 7.54. The quantitative estimate of drug-likeness (QED) is 0.344. The molecule has 0 amide bonds. The summed E-state index contributed by atoms with van der Waals surface area (Å²) in [4.78, 5) is 0. The fourth-order valence-corrected chi connectivity index (χ4v) is 3.54. The van der Waals surface area contributed by atoms with E-state index in [1.807, 2.05) is 0 Å². The fourth-order valence-electron chi connectivity index (χ4n) is 3.54. The number of benzene rings is 2. The molecule has 0 aliphatic rings. The zero-order chi connectivity index (χ0) is 19.3. The summed E-state index contributed by atoms with van der Waals surface area (Å²) in [7, 11) is 9.87. The van der Waals surface area contributed by atoms with Gasteiger partial charge in [0.15, 0.2) is 0 Å². The van der Waals surface area contributed by atoms with Crippen molar-refractivity contribution in [2.75, 3.05) is 0 Å². The maximum absolute atomic E-state index is 4.93. The summed E-state index contributed by atoms with van der Waals surface area (Å²) in [5.74, 6) is 0. The van der Waals surface area contributed by atoms with Crippen molar-refractivity contribution in [3.8, 4) is 11.1 Å². The Morgan fingerprint density at radius 3 is 2.19 bits per heavy atom. The summed E-state index contributed by atoms with van der Waals surface area (Å²) >= 11 is -0.826. The molecule has 0 heterocycles. The van der Waals surface area contributed by atoms with Gasteiger partial charge in [-0.15, -0.1) is 34.5 Å². The number of halogens is 2. The first-order chi connectivity index (χ1) is 12.4. The van der Waals surface area contributed by atoms with Gasteiger partial charge in [0.1, 0.15) is 0 Å². The molecule has 3 aromatic carbocycles. The van der Waals surface area contributed by atoms with Crippen LogP contribution in [0.5, 0.6) is 0 Å². The van der Waals surface area contributed by atoms with E-state index in [-0.39, 0.29) is 5.41 Å². The number of fused-ring (bicyclic) bond motifs is 1. The molecular weight excluding hydrogens is 438 g/mol. The van der Waals surface area contributed by atoms with Crippen molar-refractivity contribution in [3.63, 3.8) is 0 Å². The van der Waals surface area contributed by atoms with Crippen molar-refractivity contribution in [2.24, 2.45) is 0 Å². The summed E-state index contributed by atoms with van der Waals surface area (Å²) in [6.07, 6.45) is 2.16. The molecule has 0 N–H and O–H groups in total. The Labute approximate surface area is 176 Å². The molecule has 0 aliphatic carbocycles. The first-order valence-corrected chi connectivity index (χ1v) is 15.5. The van der Waals surface area contributed by atoms with E-state index in [9.17, 15) is 0 Å². The van der Waals surface area contributed by atoms with E-state index < -0.39 is 20.8 Å². The van der Waals surface area contributed by atoms with Gasteiger partial charge in [0.25, 0.3) is 0 Å². The summed E-state index contributed by atoms with van der Waals surface area (Å²) in [6.45, 7) is 11.4. The molecule has 0 aliphatic heterocycles. The molecule has 0 aromatic heterocycles. The van der Waals surface area contributed by atoms with E-state index in [0.29, 0.717) is 0 Å². The predicted octanol–water partition coefficient (Wildman–Crippen LogP) is 8.02. The van der Waals surface area contributed by atoms with Crippen molar-refractivity contribution >= 4 is 27.8 Å². The second-order valence-corrected chi connectivity index (χ2v) is 11.3. The third-order valence-corrected chi connectivity index (χ3v) is 4.83. The van der Waals surface area contributed by atoms with Crippen molar-refractivity contribution in [1.29, 1.82) is 0 Å². The summed E-state index contributed by atoms with van der Waals surface area (Å²) in [5.41, 5.74) is 7.28. The molecule has 0 spiro atoms. The van der Waals surface area contributed by atoms with Crippen molar-refractivity contribution in [2.45, 2.75) is 52.9 Å². The van der Waals surface area contributed by atoms with Crippen LogP contribution in [0.1, 0.15) is 51.3 Å². The summed E-state index contributed by atoms with van der Waals surface area (Å²) in [5, 5.41) is 2.78. The van der Waals surface area contributed by atoms with E-state index in [1.165, 1.54) is 38.6 Å². The van der Waals surface area contributed by atoms with Crippen molar-refractivity contribution in [1.82, 2.24) is 0 Å². The zero-order valence-electron chi connectivity index (χ0n) is 16.3. The Kier molecular flexibility index (Phi) is 8.08. The molecule has 3 heteroatoms. The molecule has 0 saturated carbocycles. The topological polar surface area (TPSA) is 0 Å². The Bertz CT molecular complexity index is 856. The van der Waals surface area contributed by atoms with Crippen LogP contribution < -0.4 is 0 Å². The number of hydrogen-bond donors (Lipinski definition) is 0. The van der Waals surface area contributed by atoms with Gasteiger partial charge < -0.3 is 0 Å². The van der Waals surface area contributed by atoms with Gasteiger partial charge >= 0.3 is 37.9 Å². The molecule has 138 valence electrons. The molecule has 0 saturated heterocycles. The van der Waals surface area contributed by atoms with E-state index >= 15 is 0 Å². The Morgan fingerprint density at radius 1 is 0.962 bits per heavy atom. The van der Waals surface area contributed by atoms with Crippen molar-refractivity contribution < 1.29 is 20.8 Å². The van der Waals surface area contributed by atoms with Crippen LogP contribution in [-0.4, -0.2) is 0 Å². The molecule has 3 aromatic rings. The van der Waals surface area contributed by atoms with Crippen LogP contribution in [0.2, 0.25) is 0 Å². The van der Waals surface area contributed by atoms with E-state index in [2.05, 4.69) is 83.1 Å². The molecule has 0 fully saturated rings. The Balaban J connectivity index is 0.000000758. The zero-order valence-corrected chi connectivity index (χ0v) is 20.3. The SMILES string of the molecule is CCc1cc2c(-c3ccccc3CC)c(C(C)(C)C)ccc2[cH-]1.[Cl][Zr][Cl]. The first kappa shape index (κ1) is 21.8. The Morgan fingerprint density at radius 2 is 1.62 bits per heavy atom. The number of hydrogen-bond acceptors (Lipinski definition) is 0. The molecule has 0 unspecified atom stereocenters. The van der Waals surface area contributed by atoms with Gasteiger partial charge in [-0.2, -0.15) is 6.07 Å². The van der Waals surface area contributed by atoms with Crippen LogP contribution in [0.4, 0.5) is 0 Å². The minimum atomic E-state index is -0.826. The van der Waals surface area contributed by atoms with Gasteiger partial charge in [0.2, 0.25) is 0 Å². The van der Waals surface area contributed by atoms with Crippen LogP contribution in [0.25, 0.3) is 21.9 Å². The normalized spacial score (nSPS) is 11.2. The minimum absolute atomic E-state index is 0.133. The average molecular weight is 466 g/mol. The number of rotatable bonds is 3. The molecule has 0 atom stereocenters. The second kappa shape index (κ2) is 9.63. The van der Waals surface area contributed by atoms with E-state index in [1.54, 1.807) is 0 Å². The van der Waals surface area contributed by atoms with E-state index in [4.69, 9.17) is 17.0 Å². The first-order valence-electron chi connectivity index (χ1n) is 9.14. The maximum atomic E-state index is 4.93. The van der Waals surface area contributed by atoms with Crippen molar-refractivity contribution in [3.05, 3.63) is 65.2 Å². The van der Waals surface area contributed by atoms with Gasteiger partial charge in [0.05, 0.1) is 0 Å². The summed E-state index contributed by atoms with van der Waals surface area (Å²) in [6, 6.07) is 18.3. The summed E-state index contributed by atoms with van der Waals surface area (Å²) < 4.78 is 0. The monoisotopic (exact) mass is 463 g/mol. The fraction of sp³-hybridized carbons (Fsp3) is 0.348. The molecule has 0 nitrogen and oxygen atoms in total. The molecular formula is C23H27Cl2Zr-. The van der Waals surface area contributed by atoms with E-state index in [0.717, 1.165) is 12.8 Å². The van der Waals surface area contributed by atoms with Crippen LogP contribution in [0.15, 0.2) is 48.5 Å². The third-order valence-electron chi connectivity index (χ3n) is 4.83. The van der Waals surface area contributed by atoms with Crippen LogP contribution in [0.3, 0.4) is 0 Å². The van der Waals surface area contributed by atoms with Crippen LogP contribution >= 0.6 is 17.0 Å². The third kappa shape index (κ3) is 4.86. The van der Waals surface area contributed by atoms with Crippen LogP contribution in [-0.2, 0) is 39.1 Å². The van der Waals surface area contributed by atoms with Gasteiger partial charge in [-0.05, 0) is 29.4 Å². The van der Waals surface area contributed by atoms with Crippen LogP contribution in [0, 0.1) is 0 Å².